The van der Waals surface area contributed by atoms with Crippen LogP contribution in [0.2, 0.25) is 0 Å². The van der Waals surface area contributed by atoms with Gasteiger partial charge in [-0.2, -0.15) is 0 Å². The molecule has 0 amide bonds. The fourth-order valence-corrected chi connectivity index (χ4v) is 1.20. The van der Waals surface area contributed by atoms with Gasteiger partial charge in [0.1, 0.15) is 12.4 Å². The van der Waals surface area contributed by atoms with Gasteiger partial charge in [0.05, 0.1) is 11.9 Å². The predicted octanol–water partition coefficient (Wildman–Crippen LogP) is 2.92. The van der Waals surface area contributed by atoms with Crippen LogP contribution in [0.15, 0.2) is 30.5 Å². The summed E-state index contributed by atoms with van der Waals surface area (Å²) in [6.07, 6.45) is 2.71. The van der Waals surface area contributed by atoms with Gasteiger partial charge in [-0.3, -0.25) is 4.98 Å². The zero-order valence-electron chi connectivity index (χ0n) is 11.0. The van der Waals surface area contributed by atoms with Crippen molar-refractivity contribution >= 4 is 0 Å². The quantitative estimate of drug-likeness (QED) is 0.737. The zero-order chi connectivity index (χ0) is 12.7. The van der Waals surface area contributed by atoms with Crippen molar-refractivity contribution in [2.45, 2.75) is 39.8 Å². The molecule has 0 saturated heterocycles. The van der Waals surface area contributed by atoms with Crippen molar-refractivity contribution in [1.29, 1.82) is 0 Å². The van der Waals surface area contributed by atoms with E-state index in [2.05, 4.69) is 37.7 Å². The van der Waals surface area contributed by atoms with Crippen molar-refractivity contribution in [2.24, 2.45) is 0 Å². The van der Waals surface area contributed by atoms with Crippen LogP contribution in [0.4, 0.5) is 0 Å². The van der Waals surface area contributed by atoms with Gasteiger partial charge < -0.3 is 10.1 Å². The standard InChI is InChI=1S/C14H22N2O/c1-5-12(4)10-17-14-7-6-13(16-9-14)8-15-11(2)3/h6-7,9,11,15H,4-5,8,10H2,1-3H3. The molecule has 0 radical (unpaired) electrons. The second-order valence-electron chi connectivity index (χ2n) is 4.41. The number of pyridine rings is 1. The van der Waals surface area contributed by atoms with E-state index in [0.29, 0.717) is 12.6 Å². The van der Waals surface area contributed by atoms with Crippen LogP contribution in [-0.4, -0.2) is 17.6 Å². The summed E-state index contributed by atoms with van der Waals surface area (Å²) in [5.41, 5.74) is 2.12. The Hall–Kier alpha value is -1.35. The molecular formula is C14H22N2O. The minimum atomic E-state index is 0.473. The Bertz CT molecular complexity index is 344. The third-order valence-electron chi connectivity index (χ3n) is 2.43. The molecule has 0 bridgehead atoms. The lowest BCUT2D eigenvalue weighted by atomic mass is 10.2. The largest absolute Gasteiger partial charge is 0.488 e. The first-order valence-electron chi connectivity index (χ1n) is 6.09. The molecule has 0 atom stereocenters. The highest BCUT2D eigenvalue weighted by atomic mass is 16.5. The molecule has 0 aromatic carbocycles. The molecule has 1 aromatic heterocycles. The smallest absolute Gasteiger partial charge is 0.138 e. The topological polar surface area (TPSA) is 34.1 Å². The van der Waals surface area contributed by atoms with Gasteiger partial charge in [0.15, 0.2) is 0 Å². The lowest BCUT2D eigenvalue weighted by molar-refractivity contribution is 0.347. The molecule has 0 saturated carbocycles. The summed E-state index contributed by atoms with van der Waals surface area (Å²) in [6.45, 7) is 11.6. The first-order chi connectivity index (χ1) is 8.11. The monoisotopic (exact) mass is 234 g/mol. The Labute approximate surface area is 104 Å². The first kappa shape index (κ1) is 13.7. The predicted molar refractivity (Wildman–Crippen MR) is 71.1 cm³/mol. The summed E-state index contributed by atoms with van der Waals surface area (Å²) in [5.74, 6) is 0.799. The summed E-state index contributed by atoms with van der Waals surface area (Å²) in [5, 5.41) is 3.32. The van der Waals surface area contributed by atoms with Crippen molar-refractivity contribution in [2.75, 3.05) is 6.61 Å². The van der Waals surface area contributed by atoms with Gasteiger partial charge >= 0.3 is 0 Å². The molecule has 1 N–H and O–H groups in total. The molecule has 17 heavy (non-hydrogen) atoms. The van der Waals surface area contributed by atoms with Gasteiger partial charge in [-0.15, -0.1) is 0 Å². The molecule has 0 aliphatic rings. The second kappa shape index (κ2) is 7.07. The van der Waals surface area contributed by atoms with Gasteiger partial charge in [-0.25, -0.2) is 0 Å². The molecule has 0 aliphatic heterocycles. The molecule has 0 fully saturated rings. The Morgan fingerprint density at radius 2 is 2.24 bits per heavy atom. The summed E-state index contributed by atoms with van der Waals surface area (Å²) in [4.78, 5) is 4.34. The molecule has 3 heteroatoms. The summed E-state index contributed by atoms with van der Waals surface area (Å²) >= 11 is 0. The fraction of sp³-hybridized carbons (Fsp3) is 0.500. The summed E-state index contributed by atoms with van der Waals surface area (Å²) < 4.78 is 5.56. The average Bonchev–Trinajstić information content (AvgIpc) is 2.34. The first-order valence-corrected chi connectivity index (χ1v) is 6.09. The number of nitrogens with zero attached hydrogens (tertiary/aromatic N) is 1. The molecule has 0 spiro atoms. The van der Waals surface area contributed by atoms with E-state index in [9.17, 15) is 0 Å². The number of rotatable bonds is 7. The number of nitrogens with one attached hydrogen (secondary N) is 1. The lowest BCUT2D eigenvalue weighted by Gasteiger charge is -2.09. The molecule has 1 rings (SSSR count). The Balaban J connectivity index is 2.42. The maximum Gasteiger partial charge on any atom is 0.138 e. The Morgan fingerprint density at radius 3 is 2.76 bits per heavy atom. The van der Waals surface area contributed by atoms with Crippen LogP contribution in [0, 0.1) is 0 Å². The highest BCUT2D eigenvalue weighted by Gasteiger charge is 1.99. The van der Waals surface area contributed by atoms with E-state index in [1.807, 2.05) is 12.1 Å². The lowest BCUT2D eigenvalue weighted by Crippen LogP contribution is -2.22. The number of ether oxygens (including phenoxy) is 1. The highest BCUT2D eigenvalue weighted by Crippen LogP contribution is 2.10. The molecule has 0 unspecified atom stereocenters. The molecule has 94 valence electrons. The maximum atomic E-state index is 5.56. The van der Waals surface area contributed by atoms with Crippen LogP contribution < -0.4 is 10.1 Å². The van der Waals surface area contributed by atoms with Gasteiger partial charge in [0.2, 0.25) is 0 Å². The average molecular weight is 234 g/mol. The van der Waals surface area contributed by atoms with Gasteiger partial charge in [0.25, 0.3) is 0 Å². The SMILES string of the molecule is C=C(CC)COc1ccc(CNC(C)C)nc1. The minimum Gasteiger partial charge on any atom is -0.488 e. The van der Waals surface area contributed by atoms with Crippen molar-refractivity contribution in [3.05, 3.63) is 36.2 Å². The van der Waals surface area contributed by atoms with E-state index >= 15 is 0 Å². The normalized spacial score (nSPS) is 10.6. The van der Waals surface area contributed by atoms with Crippen LogP contribution >= 0.6 is 0 Å². The van der Waals surface area contributed by atoms with Gasteiger partial charge in [0, 0.05) is 12.6 Å². The van der Waals surface area contributed by atoms with E-state index in [-0.39, 0.29) is 0 Å². The van der Waals surface area contributed by atoms with Gasteiger partial charge in [-0.1, -0.05) is 27.4 Å². The summed E-state index contributed by atoms with van der Waals surface area (Å²) in [6, 6.07) is 4.41. The minimum absolute atomic E-state index is 0.473. The molecule has 0 aliphatic carbocycles. The molecule has 3 nitrogen and oxygen atoms in total. The van der Waals surface area contributed by atoms with E-state index in [4.69, 9.17) is 4.74 Å². The number of hydrogen-bond donors (Lipinski definition) is 1. The van der Waals surface area contributed by atoms with E-state index in [0.717, 1.165) is 30.0 Å². The van der Waals surface area contributed by atoms with E-state index < -0.39 is 0 Å². The van der Waals surface area contributed by atoms with Crippen molar-refractivity contribution in [3.63, 3.8) is 0 Å². The van der Waals surface area contributed by atoms with Crippen LogP contribution in [0.3, 0.4) is 0 Å². The third kappa shape index (κ3) is 5.50. The third-order valence-corrected chi connectivity index (χ3v) is 2.43. The maximum absolute atomic E-state index is 5.56. The van der Waals surface area contributed by atoms with Crippen LogP contribution in [0.5, 0.6) is 5.75 Å². The van der Waals surface area contributed by atoms with E-state index in [1.165, 1.54) is 0 Å². The molecular weight excluding hydrogens is 212 g/mol. The number of aromatic nitrogens is 1. The highest BCUT2D eigenvalue weighted by molar-refractivity contribution is 5.20. The zero-order valence-corrected chi connectivity index (χ0v) is 11.0. The van der Waals surface area contributed by atoms with Crippen LogP contribution in [0.25, 0.3) is 0 Å². The number of hydrogen-bond acceptors (Lipinski definition) is 3. The fourth-order valence-electron chi connectivity index (χ4n) is 1.20. The molecule has 1 aromatic rings. The van der Waals surface area contributed by atoms with Crippen molar-refractivity contribution in [1.82, 2.24) is 10.3 Å². The molecule has 1 heterocycles. The summed E-state index contributed by atoms with van der Waals surface area (Å²) in [7, 11) is 0. The van der Waals surface area contributed by atoms with Crippen molar-refractivity contribution in [3.8, 4) is 5.75 Å². The van der Waals surface area contributed by atoms with Crippen LogP contribution in [0.1, 0.15) is 32.9 Å². The van der Waals surface area contributed by atoms with Crippen molar-refractivity contribution < 1.29 is 4.74 Å². The van der Waals surface area contributed by atoms with E-state index in [1.54, 1.807) is 6.20 Å². The van der Waals surface area contributed by atoms with Crippen LogP contribution in [-0.2, 0) is 6.54 Å². The van der Waals surface area contributed by atoms with Gasteiger partial charge in [-0.05, 0) is 24.1 Å². The second-order valence-corrected chi connectivity index (χ2v) is 4.41. The Morgan fingerprint density at radius 1 is 1.47 bits per heavy atom. The Kier molecular flexibility index (Phi) is 5.70.